The van der Waals surface area contributed by atoms with E-state index < -0.39 is 11.6 Å². The summed E-state index contributed by atoms with van der Waals surface area (Å²) in [5.74, 6) is 1.82. The van der Waals surface area contributed by atoms with E-state index in [1.807, 2.05) is 24.3 Å². The third kappa shape index (κ3) is 4.02. The SMILES string of the molecule is COc1ccc([C@]23N[C@H](C)[C@H](C)[C@H](C)[C@H](C)[C@H](C)NC(C(C)C)(O2)[C@H](C)CO3)cc1. The Kier molecular flexibility index (Phi) is 6.88. The monoisotopic (exact) mass is 418 g/mol. The van der Waals surface area contributed by atoms with Crippen molar-refractivity contribution in [2.45, 2.75) is 79.1 Å². The molecule has 2 N–H and O–H groups in total. The Bertz CT molecular complexity index is 709. The van der Waals surface area contributed by atoms with E-state index in [0.717, 1.165) is 11.3 Å². The van der Waals surface area contributed by atoms with Crippen LogP contribution in [0.3, 0.4) is 0 Å². The summed E-state index contributed by atoms with van der Waals surface area (Å²) >= 11 is 0. The average molecular weight is 419 g/mol. The van der Waals surface area contributed by atoms with Crippen LogP contribution in [0.25, 0.3) is 0 Å². The molecule has 0 spiro atoms. The molecule has 0 radical (unpaired) electrons. The van der Waals surface area contributed by atoms with Crippen molar-refractivity contribution >= 4 is 0 Å². The van der Waals surface area contributed by atoms with Crippen molar-refractivity contribution in [3.8, 4) is 5.75 Å². The van der Waals surface area contributed by atoms with Crippen LogP contribution in [-0.4, -0.2) is 31.5 Å². The molecule has 5 heteroatoms. The van der Waals surface area contributed by atoms with Crippen molar-refractivity contribution in [3.05, 3.63) is 29.8 Å². The van der Waals surface area contributed by atoms with Crippen molar-refractivity contribution in [2.75, 3.05) is 13.7 Å². The summed E-state index contributed by atoms with van der Waals surface area (Å²) < 4.78 is 19.0. The molecule has 1 aromatic rings. The molecule has 1 aromatic carbocycles. The van der Waals surface area contributed by atoms with Crippen LogP contribution in [0.2, 0.25) is 0 Å². The maximum Gasteiger partial charge on any atom is 0.257 e. The molecule has 2 aliphatic heterocycles. The van der Waals surface area contributed by atoms with Gasteiger partial charge in [0.05, 0.1) is 13.7 Å². The molecule has 2 aliphatic rings. The molecule has 0 saturated carbocycles. The Labute approximate surface area is 183 Å². The fourth-order valence-corrected chi connectivity index (χ4v) is 5.17. The van der Waals surface area contributed by atoms with Gasteiger partial charge < -0.3 is 14.2 Å². The van der Waals surface area contributed by atoms with Gasteiger partial charge in [0, 0.05) is 23.6 Å². The Morgan fingerprint density at radius 3 is 2.00 bits per heavy atom. The van der Waals surface area contributed by atoms with Gasteiger partial charge in [-0.2, -0.15) is 0 Å². The van der Waals surface area contributed by atoms with E-state index in [-0.39, 0.29) is 17.9 Å². The summed E-state index contributed by atoms with van der Waals surface area (Å²) in [6, 6.07) is 8.58. The third-order valence-corrected chi connectivity index (χ3v) is 8.02. The number of fused-ring (bicyclic) bond motifs is 2. The lowest BCUT2D eigenvalue weighted by Gasteiger charge is -2.57. The van der Waals surface area contributed by atoms with Crippen LogP contribution in [0.4, 0.5) is 0 Å². The first-order valence-corrected chi connectivity index (χ1v) is 11.6. The van der Waals surface area contributed by atoms with Crippen LogP contribution in [-0.2, 0) is 15.4 Å². The molecule has 0 aliphatic carbocycles. The van der Waals surface area contributed by atoms with Crippen molar-refractivity contribution < 1.29 is 14.2 Å². The summed E-state index contributed by atoms with van der Waals surface area (Å²) in [5, 5.41) is 7.72. The first-order chi connectivity index (χ1) is 14.1. The lowest BCUT2D eigenvalue weighted by atomic mass is 9.76. The zero-order valence-electron chi connectivity index (χ0n) is 20.3. The van der Waals surface area contributed by atoms with E-state index in [0.29, 0.717) is 30.4 Å². The molecule has 5 nitrogen and oxygen atoms in total. The molecule has 3 rings (SSSR count). The Morgan fingerprint density at radius 2 is 1.47 bits per heavy atom. The number of ether oxygens (including phenoxy) is 3. The Hall–Kier alpha value is -1.14. The molecular formula is C25H42N2O3. The van der Waals surface area contributed by atoms with Crippen molar-refractivity contribution in [1.82, 2.24) is 10.6 Å². The second-order valence-corrected chi connectivity index (χ2v) is 10.1. The van der Waals surface area contributed by atoms with Crippen molar-refractivity contribution in [1.29, 1.82) is 0 Å². The first kappa shape index (κ1) is 23.5. The standard InChI is InChI=1S/C25H42N2O3/c1-15(2)24-16(3)14-29-25(30-24,22-10-12-23(28-9)13-11-22)27-21(8)19(6)17(4)18(5)20(7)26-24/h10-13,15-21,26-27H,14H2,1-9H3/t16-,17-,18+,19-,20+,21-,24?,25-/m1/s1. The van der Waals surface area contributed by atoms with E-state index in [1.165, 1.54) is 0 Å². The largest absolute Gasteiger partial charge is 0.497 e. The van der Waals surface area contributed by atoms with E-state index in [9.17, 15) is 0 Å². The Balaban J connectivity index is 2.13. The molecular weight excluding hydrogens is 376 g/mol. The third-order valence-electron chi connectivity index (χ3n) is 8.02. The summed E-state index contributed by atoms with van der Waals surface area (Å²) in [5.41, 5.74) is 0.466. The maximum absolute atomic E-state index is 7.06. The van der Waals surface area contributed by atoms with Gasteiger partial charge >= 0.3 is 0 Å². The van der Waals surface area contributed by atoms with Crippen LogP contribution < -0.4 is 15.4 Å². The summed E-state index contributed by atoms with van der Waals surface area (Å²) in [4.78, 5) is 0. The summed E-state index contributed by atoms with van der Waals surface area (Å²) in [7, 11) is 1.69. The molecule has 2 bridgehead atoms. The predicted octanol–water partition coefficient (Wildman–Crippen LogP) is 4.72. The van der Waals surface area contributed by atoms with Crippen molar-refractivity contribution in [2.24, 2.45) is 29.6 Å². The smallest absolute Gasteiger partial charge is 0.257 e. The van der Waals surface area contributed by atoms with Gasteiger partial charge in [-0.15, -0.1) is 0 Å². The van der Waals surface area contributed by atoms with Gasteiger partial charge in [-0.05, 0) is 61.8 Å². The predicted molar refractivity (Wildman–Crippen MR) is 121 cm³/mol. The molecule has 30 heavy (non-hydrogen) atoms. The molecule has 8 atom stereocenters. The molecule has 1 unspecified atom stereocenters. The summed E-state index contributed by atoms with van der Waals surface area (Å²) in [6.07, 6.45) is 0. The van der Waals surface area contributed by atoms with Gasteiger partial charge in [-0.3, -0.25) is 10.6 Å². The highest BCUT2D eigenvalue weighted by Gasteiger charge is 2.55. The molecule has 2 heterocycles. The van der Waals surface area contributed by atoms with Gasteiger partial charge in [0.2, 0.25) is 0 Å². The molecule has 0 aromatic heterocycles. The van der Waals surface area contributed by atoms with Gasteiger partial charge in [0.25, 0.3) is 5.91 Å². The van der Waals surface area contributed by atoms with Gasteiger partial charge in [0.15, 0.2) is 0 Å². The topological polar surface area (TPSA) is 51.8 Å². The van der Waals surface area contributed by atoms with Gasteiger partial charge in [-0.25, -0.2) is 0 Å². The molecule has 0 amide bonds. The fourth-order valence-electron chi connectivity index (χ4n) is 5.17. The molecule has 2 fully saturated rings. The first-order valence-electron chi connectivity index (χ1n) is 11.6. The van der Waals surface area contributed by atoms with Crippen LogP contribution in [0.1, 0.15) is 61.0 Å². The minimum absolute atomic E-state index is 0.211. The highest BCUT2D eigenvalue weighted by Crippen LogP contribution is 2.44. The average Bonchev–Trinajstić information content (AvgIpc) is 2.73. The molecule has 2 saturated heterocycles. The maximum atomic E-state index is 7.06. The minimum atomic E-state index is -1.01. The summed E-state index contributed by atoms with van der Waals surface area (Å²) in [6.45, 7) is 18.9. The van der Waals surface area contributed by atoms with Crippen molar-refractivity contribution in [3.63, 3.8) is 0 Å². The van der Waals surface area contributed by atoms with Crippen LogP contribution in [0.15, 0.2) is 24.3 Å². The second kappa shape index (κ2) is 8.78. The van der Waals surface area contributed by atoms with Crippen LogP contribution >= 0.6 is 0 Å². The number of hydrogen-bond donors (Lipinski definition) is 2. The van der Waals surface area contributed by atoms with E-state index in [1.54, 1.807) is 7.11 Å². The Morgan fingerprint density at radius 1 is 0.900 bits per heavy atom. The number of rotatable bonds is 3. The van der Waals surface area contributed by atoms with Crippen LogP contribution in [0.5, 0.6) is 5.75 Å². The molecule has 170 valence electrons. The lowest BCUT2D eigenvalue weighted by molar-refractivity contribution is -0.392. The zero-order chi connectivity index (χ0) is 22.3. The number of hydrogen-bond acceptors (Lipinski definition) is 5. The second-order valence-electron chi connectivity index (χ2n) is 10.1. The highest BCUT2D eigenvalue weighted by atomic mass is 16.7. The quantitative estimate of drug-likeness (QED) is 0.744. The number of methoxy groups -OCH3 is 1. The van der Waals surface area contributed by atoms with E-state index in [2.05, 4.69) is 66.0 Å². The highest BCUT2D eigenvalue weighted by molar-refractivity contribution is 5.30. The minimum Gasteiger partial charge on any atom is -0.497 e. The van der Waals surface area contributed by atoms with Gasteiger partial charge in [-0.1, -0.05) is 41.5 Å². The van der Waals surface area contributed by atoms with Crippen LogP contribution in [0, 0.1) is 29.6 Å². The lowest BCUT2D eigenvalue weighted by Crippen LogP contribution is -2.71. The normalized spacial score (nSPS) is 42.7. The number of nitrogens with one attached hydrogen (secondary N) is 2. The van der Waals surface area contributed by atoms with E-state index in [4.69, 9.17) is 14.2 Å². The van der Waals surface area contributed by atoms with E-state index >= 15 is 0 Å². The fraction of sp³-hybridized carbons (Fsp3) is 0.760. The van der Waals surface area contributed by atoms with Gasteiger partial charge in [0.1, 0.15) is 11.5 Å². The number of benzene rings is 1. The zero-order valence-corrected chi connectivity index (χ0v) is 20.3.